The molecule has 2 spiro atoms. The predicted octanol–water partition coefficient (Wildman–Crippen LogP) is 2.93. The Labute approximate surface area is 161 Å². The van der Waals surface area contributed by atoms with Crippen LogP contribution in [0.15, 0.2) is 0 Å². The Balaban J connectivity index is 0.990. The zero-order valence-electron chi connectivity index (χ0n) is 16.5. The maximum atomic E-state index is 12.9. The Kier molecular flexibility index (Phi) is 3.42. The average Bonchev–Trinajstić information content (AvgIpc) is 3.45. The second-order valence-electron chi connectivity index (χ2n) is 10.6. The molecule has 0 bridgehead atoms. The fourth-order valence-corrected chi connectivity index (χ4v) is 7.25. The molecular weight excluding hydrogens is 340 g/mol. The first-order chi connectivity index (χ1) is 13.0. The van der Waals surface area contributed by atoms with E-state index in [0.717, 1.165) is 32.6 Å². The lowest BCUT2D eigenvalue weighted by molar-refractivity contribution is -0.131. The van der Waals surface area contributed by atoms with E-state index in [-0.39, 0.29) is 6.09 Å². The summed E-state index contributed by atoms with van der Waals surface area (Å²) in [6.07, 6.45) is 8.61. The van der Waals surface area contributed by atoms with Crippen molar-refractivity contribution in [3.63, 3.8) is 0 Å². The van der Waals surface area contributed by atoms with Crippen LogP contribution in [0.3, 0.4) is 0 Å². The predicted molar refractivity (Wildman–Crippen MR) is 100 cm³/mol. The van der Waals surface area contributed by atoms with Gasteiger partial charge in [0.1, 0.15) is 5.78 Å². The number of fused-ring (bicyclic) bond motifs is 1. The first-order valence-corrected chi connectivity index (χ1v) is 11.2. The number of Topliss-reactive ketones (excluding diaryl/α,β-unsaturated/α-hetero) is 1. The molecule has 0 N–H and O–H groups in total. The van der Waals surface area contributed by atoms with Crippen LogP contribution in [0.4, 0.5) is 4.79 Å². The van der Waals surface area contributed by atoms with Gasteiger partial charge in [0.05, 0.1) is 6.61 Å². The maximum Gasteiger partial charge on any atom is 0.409 e. The third kappa shape index (κ3) is 2.39. The summed E-state index contributed by atoms with van der Waals surface area (Å²) < 4.78 is 5.17. The minimum atomic E-state index is -0.133. The van der Waals surface area contributed by atoms with Crippen LogP contribution in [0.5, 0.6) is 0 Å². The number of nitrogens with zero attached hydrogens (tertiary/aromatic N) is 2. The Morgan fingerprint density at radius 1 is 1.07 bits per heavy atom. The highest BCUT2D eigenvalue weighted by Gasteiger charge is 2.67. The number of hydrogen-bond donors (Lipinski definition) is 0. The number of likely N-dealkylation sites (tertiary alicyclic amines) is 2. The average molecular weight is 373 g/mol. The van der Waals surface area contributed by atoms with Gasteiger partial charge in [-0.15, -0.1) is 0 Å². The molecule has 6 rings (SSSR count). The van der Waals surface area contributed by atoms with E-state index < -0.39 is 0 Å². The van der Waals surface area contributed by atoms with Crippen LogP contribution < -0.4 is 0 Å². The molecule has 2 aliphatic heterocycles. The largest absolute Gasteiger partial charge is 0.450 e. The molecule has 4 atom stereocenters. The lowest BCUT2D eigenvalue weighted by Gasteiger charge is -2.49. The van der Waals surface area contributed by atoms with Crippen LogP contribution in [0.2, 0.25) is 0 Å². The lowest BCUT2D eigenvalue weighted by atomic mass is 9.64. The number of ketones is 1. The van der Waals surface area contributed by atoms with Crippen LogP contribution in [0.1, 0.15) is 51.9 Å². The summed E-state index contributed by atoms with van der Waals surface area (Å²) in [4.78, 5) is 29.4. The van der Waals surface area contributed by atoms with Gasteiger partial charge in [-0.3, -0.25) is 9.69 Å². The summed E-state index contributed by atoms with van der Waals surface area (Å²) in [6, 6.07) is 0.689. The summed E-state index contributed by atoms with van der Waals surface area (Å²) >= 11 is 0. The summed E-state index contributed by atoms with van der Waals surface area (Å²) in [6.45, 7) is 6.38. The van der Waals surface area contributed by atoms with Crippen molar-refractivity contribution < 1.29 is 14.3 Å². The van der Waals surface area contributed by atoms with Gasteiger partial charge in [0.2, 0.25) is 0 Å². The van der Waals surface area contributed by atoms with E-state index in [1.54, 1.807) is 0 Å². The van der Waals surface area contributed by atoms with E-state index in [4.69, 9.17) is 4.74 Å². The zero-order chi connectivity index (χ0) is 18.4. The molecule has 1 unspecified atom stereocenters. The fraction of sp³-hybridized carbons (Fsp3) is 0.909. The third-order valence-corrected chi connectivity index (χ3v) is 9.27. The fourth-order valence-electron chi connectivity index (χ4n) is 7.25. The molecule has 5 heteroatoms. The molecule has 2 heterocycles. The van der Waals surface area contributed by atoms with Gasteiger partial charge in [-0.1, -0.05) is 0 Å². The molecule has 0 aromatic rings. The molecule has 5 nitrogen and oxygen atoms in total. The quantitative estimate of drug-likeness (QED) is 0.761. The topological polar surface area (TPSA) is 49.9 Å². The Morgan fingerprint density at radius 2 is 1.81 bits per heavy atom. The van der Waals surface area contributed by atoms with Gasteiger partial charge in [0.15, 0.2) is 0 Å². The molecule has 4 saturated carbocycles. The van der Waals surface area contributed by atoms with Gasteiger partial charge in [-0.25, -0.2) is 4.79 Å². The minimum Gasteiger partial charge on any atom is -0.450 e. The van der Waals surface area contributed by atoms with Crippen LogP contribution in [-0.2, 0) is 9.53 Å². The molecule has 6 fully saturated rings. The van der Waals surface area contributed by atoms with Crippen molar-refractivity contribution in [2.24, 2.45) is 34.5 Å². The van der Waals surface area contributed by atoms with E-state index in [9.17, 15) is 9.59 Å². The summed E-state index contributed by atoms with van der Waals surface area (Å²) in [5.74, 6) is 2.86. The molecule has 1 amide bonds. The van der Waals surface area contributed by atoms with Crippen molar-refractivity contribution in [1.29, 1.82) is 0 Å². The van der Waals surface area contributed by atoms with E-state index >= 15 is 0 Å². The van der Waals surface area contributed by atoms with E-state index in [0.29, 0.717) is 52.9 Å². The van der Waals surface area contributed by atoms with Gasteiger partial charge >= 0.3 is 6.09 Å². The van der Waals surface area contributed by atoms with Crippen molar-refractivity contribution in [1.82, 2.24) is 9.80 Å². The van der Waals surface area contributed by atoms with E-state index in [1.807, 2.05) is 11.8 Å². The van der Waals surface area contributed by atoms with Gasteiger partial charge in [-0.2, -0.15) is 0 Å². The minimum absolute atomic E-state index is 0.133. The van der Waals surface area contributed by atoms with E-state index in [2.05, 4.69) is 4.90 Å². The Bertz CT molecular complexity index is 669. The highest BCUT2D eigenvalue weighted by Crippen LogP contribution is 2.67. The number of ether oxygens (including phenoxy) is 1. The van der Waals surface area contributed by atoms with Gasteiger partial charge in [0.25, 0.3) is 0 Å². The standard InChI is InChI=1S/C22H32N2O3/c1-2-27-20(26)23-8-7-21(13-23)9-14(10-21)24-11-15-16(12-24)18(15)19(25)17-3-4-22(17)5-6-22/h14-18H,2-13H2,1H3/t14?,15-,16+,17?,18+,21?. The lowest BCUT2D eigenvalue weighted by Crippen LogP contribution is -2.52. The second-order valence-corrected chi connectivity index (χ2v) is 10.6. The van der Waals surface area contributed by atoms with Crippen molar-refractivity contribution in [3.05, 3.63) is 0 Å². The van der Waals surface area contributed by atoms with Crippen molar-refractivity contribution >= 4 is 11.9 Å². The number of carbonyl (C=O) groups is 2. The number of piperidine rings is 1. The molecule has 2 saturated heterocycles. The van der Waals surface area contributed by atoms with Crippen molar-refractivity contribution in [2.45, 2.75) is 57.9 Å². The van der Waals surface area contributed by atoms with Crippen molar-refractivity contribution in [3.8, 4) is 0 Å². The normalized spacial score (nSPS) is 46.1. The van der Waals surface area contributed by atoms with Crippen LogP contribution in [-0.4, -0.2) is 60.5 Å². The van der Waals surface area contributed by atoms with Crippen LogP contribution in [0, 0.1) is 34.5 Å². The number of hydrogen-bond acceptors (Lipinski definition) is 4. The third-order valence-electron chi connectivity index (χ3n) is 9.27. The molecule has 0 aromatic heterocycles. The van der Waals surface area contributed by atoms with Crippen LogP contribution >= 0.6 is 0 Å². The molecule has 6 aliphatic rings. The zero-order valence-corrected chi connectivity index (χ0v) is 16.5. The molecule has 27 heavy (non-hydrogen) atoms. The SMILES string of the molecule is CCOC(=O)N1CCC2(CC(N3C[C@@H]4[C@H](C3)[C@H]4C(=O)C3CCC34CC4)C2)C1. The van der Waals surface area contributed by atoms with E-state index in [1.165, 1.54) is 38.5 Å². The summed E-state index contributed by atoms with van der Waals surface area (Å²) in [5, 5.41) is 0. The molecule has 0 aromatic carbocycles. The summed E-state index contributed by atoms with van der Waals surface area (Å²) in [7, 11) is 0. The molecular formula is C22H32N2O3. The van der Waals surface area contributed by atoms with Crippen LogP contribution in [0.25, 0.3) is 0 Å². The highest BCUT2D eigenvalue weighted by atomic mass is 16.6. The smallest absolute Gasteiger partial charge is 0.409 e. The maximum absolute atomic E-state index is 12.9. The van der Waals surface area contributed by atoms with Gasteiger partial charge in [-0.05, 0) is 74.5 Å². The molecule has 148 valence electrons. The Hall–Kier alpha value is -1.10. The van der Waals surface area contributed by atoms with Gasteiger partial charge in [0, 0.05) is 44.1 Å². The number of carbonyl (C=O) groups excluding carboxylic acids is 2. The monoisotopic (exact) mass is 372 g/mol. The molecule has 4 aliphatic carbocycles. The second kappa shape index (κ2) is 5.49. The van der Waals surface area contributed by atoms with Gasteiger partial charge < -0.3 is 9.64 Å². The number of amides is 1. The summed E-state index contributed by atoms with van der Waals surface area (Å²) in [5.41, 5.74) is 0.852. The Morgan fingerprint density at radius 3 is 2.41 bits per heavy atom. The first-order valence-electron chi connectivity index (χ1n) is 11.2. The first kappa shape index (κ1) is 16.8. The molecule has 0 radical (unpaired) electrons. The number of rotatable bonds is 4. The highest BCUT2D eigenvalue weighted by molar-refractivity contribution is 5.88. The van der Waals surface area contributed by atoms with Crippen molar-refractivity contribution in [2.75, 3.05) is 32.8 Å².